The van der Waals surface area contributed by atoms with Gasteiger partial charge in [0.25, 0.3) is 11.8 Å². The number of aryl methyl sites for hydroxylation is 1. The molecule has 1 aromatic heterocycles. The monoisotopic (exact) mass is 404 g/mol. The van der Waals surface area contributed by atoms with Gasteiger partial charge in [0.1, 0.15) is 0 Å². The van der Waals surface area contributed by atoms with E-state index in [1.54, 1.807) is 11.3 Å². The number of benzene rings is 2. The van der Waals surface area contributed by atoms with Crippen molar-refractivity contribution < 1.29 is 9.59 Å². The predicted octanol–water partition coefficient (Wildman–Crippen LogP) is 4.75. The number of carbonyl (C=O) groups excluding carboxylic acids is 2. The van der Waals surface area contributed by atoms with Gasteiger partial charge in [-0.05, 0) is 49.6 Å². The first-order valence-corrected chi connectivity index (χ1v) is 10.7. The summed E-state index contributed by atoms with van der Waals surface area (Å²) < 4.78 is 0. The molecule has 0 aliphatic carbocycles. The van der Waals surface area contributed by atoms with E-state index >= 15 is 0 Å². The van der Waals surface area contributed by atoms with Crippen molar-refractivity contribution in [3.05, 3.63) is 92.7 Å². The number of thiophene rings is 1. The second kappa shape index (κ2) is 8.21. The first kappa shape index (κ1) is 19.4. The van der Waals surface area contributed by atoms with E-state index in [4.69, 9.17) is 0 Å². The second-order valence-electron chi connectivity index (χ2n) is 7.51. The van der Waals surface area contributed by atoms with Crippen LogP contribution in [-0.4, -0.2) is 23.3 Å². The Labute approximate surface area is 175 Å². The Balaban J connectivity index is 1.44. The summed E-state index contributed by atoms with van der Waals surface area (Å²) in [4.78, 5) is 29.3. The van der Waals surface area contributed by atoms with Crippen LogP contribution in [0.5, 0.6) is 0 Å². The molecule has 0 radical (unpaired) electrons. The Hall–Kier alpha value is -2.92. The summed E-state index contributed by atoms with van der Waals surface area (Å²) in [6.07, 6.45) is 0.791. The number of hydrogen-bond donors (Lipinski definition) is 1. The number of carbonyl (C=O) groups is 2. The van der Waals surface area contributed by atoms with Crippen LogP contribution in [0.4, 0.5) is 0 Å². The number of nitrogens with zero attached hydrogens (tertiary/aromatic N) is 1. The van der Waals surface area contributed by atoms with Gasteiger partial charge in [-0.15, -0.1) is 11.3 Å². The fourth-order valence-electron chi connectivity index (χ4n) is 3.59. The Bertz CT molecular complexity index is 1020. The Kier molecular flexibility index (Phi) is 5.49. The van der Waals surface area contributed by atoms with Crippen molar-refractivity contribution >= 4 is 23.2 Å². The molecule has 0 spiro atoms. The van der Waals surface area contributed by atoms with Gasteiger partial charge in [0.15, 0.2) is 0 Å². The van der Waals surface area contributed by atoms with Crippen LogP contribution in [0.3, 0.4) is 0 Å². The van der Waals surface area contributed by atoms with E-state index in [0.29, 0.717) is 23.5 Å². The minimum atomic E-state index is -0.0582. The molecule has 0 unspecified atom stereocenters. The molecule has 0 saturated heterocycles. The summed E-state index contributed by atoms with van der Waals surface area (Å²) in [5, 5.41) is 3.08. The molecule has 1 atom stereocenters. The summed E-state index contributed by atoms with van der Waals surface area (Å²) in [7, 11) is 0. The normalized spacial score (nSPS) is 14.2. The van der Waals surface area contributed by atoms with Gasteiger partial charge in [0.2, 0.25) is 0 Å². The van der Waals surface area contributed by atoms with Gasteiger partial charge in [0.05, 0.1) is 10.9 Å². The third-order valence-electron chi connectivity index (χ3n) is 5.32. The highest BCUT2D eigenvalue weighted by atomic mass is 32.1. The average Bonchev–Trinajstić information content (AvgIpc) is 3.18. The summed E-state index contributed by atoms with van der Waals surface area (Å²) in [6, 6.07) is 19.5. The van der Waals surface area contributed by atoms with Gasteiger partial charge in [0, 0.05) is 23.5 Å². The highest BCUT2D eigenvalue weighted by Crippen LogP contribution is 2.29. The number of nitrogens with one attached hydrogen (secondary N) is 1. The summed E-state index contributed by atoms with van der Waals surface area (Å²) in [6.45, 7) is 5.24. The number of hydrogen-bond acceptors (Lipinski definition) is 3. The van der Waals surface area contributed by atoms with E-state index < -0.39 is 0 Å². The molecular weight excluding hydrogens is 380 g/mol. The van der Waals surface area contributed by atoms with Crippen molar-refractivity contribution in [3.63, 3.8) is 0 Å². The fraction of sp³-hybridized carbons (Fsp3) is 0.250. The molecule has 1 N–H and O–H groups in total. The molecule has 29 heavy (non-hydrogen) atoms. The summed E-state index contributed by atoms with van der Waals surface area (Å²) in [5.74, 6) is -0.0114. The molecule has 2 heterocycles. The van der Waals surface area contributed by atoms with Crippen molar-refractivity contribution in [3.8, 4) is 0 Å². The lowest BCUT2D eigenvalue weighted by atomic mass is 10.1. The van der Waals surface area contributed by atoms with Gasteiger partial charge in [-0.25, -0.2) is 0 Å². The van der Waals surface area contributed by atoms with Crippen LogP contribution in [-0.2, 0) is 13.0 Å². The first-order chi connectivity index (χ1) is 14.0. The summed E-state index contributed by atoms with van der Waals surface area (Å²) >= 11 is 1.54. The quantitative estimate of drug-likeness (QED) is 0.682. The molecule has 2 aromatic carbocycles. The molecule has 0 bridgehead atoms. The Morgan fingerprint density at radius 3 is 2.52 bits per heavy atom. The highest BCUT2D eigenvalue weighted by Gasteiger charge is 2.25. The number of rotatable bonds is 4. The van der Waals surface area contributed by atoms with Crippen molar-refractivity contribution in [1.82, 2.24) is 10.2 Å². The van der Waals surface area contributed by atoms with E-state index in [1.165, 1.54) is 4.88 Å². The molecule has 1 aliphatic rings. The SMILES string of the molecule is Cc1ccc(C(=O)N2CCc3sc(C(=O)N[C@@H](C)c4ccccc4)cc3C2)cc1. The lowest BCUT2D eigenvalue weighted by Crippen LogP contribution is -2.35. The standard InChI is InChI=1S/C24H24N2O2S/c1-16-8-10-19(11-9-16)24(28)26-13-12-21-20(15-26)14-22(29-21)23(27)25-17(2)18-6-4-3-5-7-18/h3-11,14,17H,12-13,15H2,1-2H3,(H,25,27)/t17-/m0/s1. The lowest BCUT2D eigenvalue weighted by molar-refractivity contribution is 0.0736. The van der Waals surface area contributed by atoms with Crippen molar-refractivity contribution in [1.29, 1.82) is 0 Å². The van der Waals surface area contributed by atoms with Crippen LogP contribution in [0.1, 0.15) is 54.6 Å². The van der Waals surface area contributed by atoms with Gasteiger partial charge in [-0.2, -0.15) is 0 Å². The number of amides is 2. The maximum absolute atomic E-state index is 12.8. The molecule has 0 fully saturated rings. The molecule has 2 amide bonds. The smallest absolute Gasteiger partial charge is 0.261 e. The zero-order valence-corrected chi connectivity index (χ0v) is 17.5. The van der Waals surface area contributed by atoms with Crippen molar-refractivity contribution in [2.24, 2.45) is 0 Å². The molecule has 4 nitrogen and oxygen atoms in total. The zero-order chi connectivity index (χ0) is 20.4. The maximum Gasteiger partial charge on any atom is 0.261 e. The maximum atomic E-state index is 12.8. The van der Waals surface area contributed by atoms with Crippen LogP contribution in [0.15, 0.2) is 60.7 Å². The van der Waals surface area contributed by atoms with E-state index in [1.807, 2.05) is 79.4 Å². The van der Waals surface area contributed by atoms with E-state index in [-0.39, 0.29) is 17.9 Å². The molecule has 4 rings (SSSR count). The first-order valence-electron chi connectivity index (χ1n) is 9.84. The minimum Gasteiger partial charge on any atom is -0.345 e. The van der Waals surface area contributed by atoms with Crippen LogP contribution in [0.2, 0.25) is 0 Å². The van der Waals surface area contributed by atoms with Crippen LogP contribution in [0, 0.1) is 6.92 Å². The fourth-order valence-corrected chi connectivity index (χ4v) is 4.66. The average molecular weight is 405 g/mol. The van der Waals surface area contributed by atoms with Gasteiger partial charge >= 0.3 is 0 Å². The van der Waals surface area contributed by atoms with Gasteiger partial charge in [-0.3, -0.25) is 9.59 Å². The third-order valence-corrected chi connectivity index (χ3v) is 6.56. The van der Waals surface area contributed by atoms with E-state index in [0.717, 1.165) is 23.1 Å². The van der Waals surface area contributed by atoms with Crippen molar-refractivity contribution in [2.45, 2.75) is 32.9 Å². The van der Waals surface area contributed by atoms with E-state index in [2.05, 4.69) is 5.32 Å². The highest BCUT2D eigenvalue weighted by molar-refractivity contribution is 7.14. The van der Waals surface area contributed by atoms with Crippen molar-refractivity contribution in [2.75, 3.05) is 6.54 Å². The van der Waals surface area contributed by atoms with Crippen LogP contribution >= 0.6 is 11.3 Å². The summed E-state index contributed by atoms with van der Waals surface area (Å²) in [5.41, 5.74) is 4.01. The molecule has 148 valence electrons. The van der Waals surface area contributed by atoms with Gasteiger partial charge < -0.3 is 10.2 Å². The Morgan fingerprint density at radius 2 is 1.79 bits per heavy atom. The third kappa shape index (κ3) is 4.25. The van der Waals surface area contributed by atoms with Gasteiger partial charge in [-0.1, -0.05) is 48.0 Å². The molecule has 1 aliphatic heterocycles. The predicted molar refractivity (Wildman–Crippen MR) is 116 cm³/mol. The van der Waals surface area contributed by atoms with Crippen LogP contribution in [0.25, 0.3) is 0 Å². The van der Waals surface area contributed by atoms with Crippen LogP contribution < -0.4 is 5.32 Å². The largest absolute Gasteiger partial charge is 0.345 e. The molecular formula is C24H24N2O2S. The molecule has 0 saturated carbocycles. The lowest BCUT2D eigenvalue weighted by Gasteiger charge is -2.27. The Morgan fingerprint density at radius 1 is 1.07 bits per heavy atom. The molecule has 3 aromatic rings. The minimum absolute atomic E-state index is 0.0468. The topological polar surface area (TPSA) is 49.4 Å². The second-order valence-corrected chi connectivity index (χ2v) is 8.64. The number of fused-ring (bicyclic) bond motifs is 1. The zero-order valence-electron chi connectivity index (χ0n) is 16.6. The van der Waals surface area contributed by atoms with E-state index in [9.17, 15) is 9.59 Å². The molecule has 5 heteroatoms.